The summed E-state index contributed by atoms with van der Waals surface area (Å²) in [5, 5.41) is 4.36. The van der Waals surface area contributed by atoms with E-state index in [1.54, 1.807) is 13.1 Å². The molecule has 2 heterocycles. The maximum atomic E-state index is 11.6. The molecule has 0 aliphatic rings. The van der Waals surface area contributed by atoms with Gasteiger partial charge in [0.05, 0.1) is 5.69 Å². The number of aromatic nitrogens is 3. The number of benzene rings is 1. The molecule has 0 bridgehead atoms. The van der Waals surface area contributed by atoms with Crippen LogP contribution in [0.4, 0.5) is 11.6 Å². The molecule has 3 rings (SSSR count). The number of hydrogen-bond acceptors (Lipinski definition) is 4. The van der Waals surface area contributed by atoms with E-state index in [1.807, 2.05) is 30.3 Å². The third-order valence-corrected chi connectivity index (χ3v) is 4.11. The summed E-state index contributed by atoms with van der Waals surface area (Å²) in [6.07, 6.45) is 0. The third kappa shape index (κ3) is 2.33. The Morgan fingerprint density at radius 1 is 1.32 bits per heavy atom. The second-order valence-electron chi connectivity index (χ2n) is 4.88. The normalized spacial score (nSPS) is 10.9. The van der Waals surface area contributed by atoms with Gasteiger partial charge in [-0.05, 0) is 15.9 Å². The van der Waals surface area contributed by atoms with Crippen LogP contribution in [0, 0.1) is 0 Å². The Morgan fingerprint density at radius 2 is 2.00 bits per heavy atom. The van der Waals surface area contributed by atoms with Crippen molar-refractivity contribution >= 4 is 39.1 Å². The van der Waals surface area contributed by atoms with Gasteiger partial charge in [0, 0.05) is 25.6 Å². The third-order valence-electron chi connectivity index (χ3n) is 3.40. The van der Waals surface area contributed by atoms with Crippen molar-refractivity contribution in [2.45, 2.75) is 6.92 Å². The molecule has 7 heteroatoms. The standard InChI is InChI=1S/C15H14BrN5O/c1-9(22)20(2)15-13(16)14-18-11(8-12(17)21(14)19-15)10-6-4-3-5-7-10/h3-8H,17H2,1-2H3. The molecule has 1 amide bonds. The summed E-state index contributed by atoms with van der Waals surface area (Å²) in [5.74, 6) is 0.815. The second kappa shape index (κ2) is 5.42. The minimum Gasteiger partial charge on any atom is -0.384 e. The van der Waals surface area contributed by atoms with Gasteiger partial charge in [-0.2, -0.15) is 4.52 Å². The fraction of sp³-hybridized carbons (Fsp3) is 0.133. The van der Waals surface area contributed by atoms with Crippen LogP contribution in [0.3, 0.4) is 0 Å². The van der Waals surface area contributed by atoms with E-state index in [-0.39, 0.29) is 5.91 Å². The van der Waals surface area contributed by atoms with Crippen molar-refractivity contribution in [3.05, 3.63) is 40.9 Å². The summed E-state index contributed by atoms with van der Waals surface area (Å²) in [7, 11) is 1.66. The topological polar surface area (TPSA) is 76.5 Å². The lowest BCUT2D eigenvalue weighted by molar-refractivity contribution is -0.116. The molecule has 2 aromatic heterocycles. The lowest BCUT2D eigenvalue weighted by atomic mass is 10.1. The van der Waals surface area contributed by atoms with E-state index < -0.39 is 0 Å². The molecule has 3 aromatic rings. The summed E-state index contributed by atoms with van der Waals surface area (Å²) < 4.78 is 2.15. The molecule has 0 radical (unpaired) electrons. The molecular formula is C15H14BrN5O. The lowest BCUT2D eigenvalue weighted by Crippen LogP contribution is -2.23. The summed E-state index contributed by atoms with van der Waals surface area (Å²) in [4.78, 5) is 17.6. The molecular weight excluding hydrogens is 346 g/mol. The smallest absolute Gasteiger partial charge is 0.224 e. The Bertz CT molecular complexity index is 859. The zero-order valence-corrected chi connectivity index (χ0v) is 13.7. The van der Waals surface area contributed by atoms with E-state index in [0.29, 0.717) is 21.8 Å². The summed E-state index contributed by atoms with van der Waals surface area (Å²) in [6.45, 7) is 1.47. The number of halogens is 1. The first-order valence-corrected chi connectivity index (χ1v) is 7.43. The number of fused-ring (bicyclic) bond motifs is 1. The van der Waals surface area contributed by atoms with Gasteiger partial charge in [-0.1, -0.05) is 30.3 Å². The minimum absolute atomic E-state index is 0.119. The molecule has 1 aromatic carbocycles. The van der Waals surface area contributed by atoms with Gasteiger partial charge in [-0.25, -0.2) is 4.98 Å². The summed E-state index contributed by atoms with van der Waals surface area (Å²) in [5.41, 5.74) is 8.38. The SMILES string of the molecule is CC(=O)N(C)c1nn2c(N)cc(-c3ccccc3)nc2c1Br. The van der Waals surface area contributed by atoms with Crippen molar-refractivity contribution in [1.29, 1.82) is 0 Å². The van der Waals surface area contributed by atoms with Crippen molar-refractivity contribution in [3.63, 3.8) is 0 Å². The quantitative estimate of drug-likeness (QED) is 0.762. The Balaban J connectivity index is 2.22. The first kappa shape index (κ1) is 14.5. The number of nitrogens with two attached hydrogens (primary N) is 1. The van der Waals surface area contributed by atoms with Crippen LogP contribution in [-0.2, 0) is 4.79 Å². The zero-order valence-electron chi connectivity index (χ0n) is 12.1. The van der Waals surface area contributed by atoms with Gasteiger partial charge in [0.15, 0.2) is 11.5 Å². The lowest BCUT2D eigenvalue weighted by Gasteiger charge is -2.10. The zero-order chi connectivity index (χ0) is 15.9. The fourth-order valence-corrected chi connectivity index (χ4v) is 2.73. The Kier molecular flexibility index (Phi) is 3.58. The highest BCUT2D eigenvalue weighted by molar-refractivity contribution is 9.10. The predicted octanol–water partition coefficient (Wildman–Crippen LogP) is 2.72. The van der Waals surface area contributed by atoms with E-state index in [1.165, 1.54) is 16.3 Å². The molecule has 6 nitrogen and oxygen atoms in total. The minimum atomic E-state index is -0.119. The highest BCUT2D eigenvalue weighted by Crippen LogP contribution is 2.31. The molecule has 0 aliphatic heterocycles. The number of amides is 1. The van der Waals surface area contributed by atoms with Crippen LogP contribution in [0.2, 0.25) is 0 Å². The van der Waals surface area contributed by atoms with Crippen LogP contribution in [0.15, 0.2) is 40.9 Å². The van der Waals surface area contributed by atoms with E-state index >= 15 is 0 Å². The van der Waals surface area contributed by atoms with Crippen LogP contribution < -0.4 is 10.6 Å². The average molecular weight is 360 g/mol. The maximum absolute atomic E-state index is 11.6. The molecule has 112 valence electrons. The molecule has 22 heavy (non-hydrogen) atoms. The van der Waals surface area contributed by atoms with Crippen molar-refractivity contribution in [1.82, 2.24) is 14.6 Å². The van der Waals surface area contributed by atoms with Crippen LogP contribution in [0.1, 0.15) is 6.92 Å². The van der Waals surface area contributed by atoms with Gasteiger partial charge in [0.2, 0.25) is 5.91 Å². The highest BCUT2D eigenvalue weighted by atomic mass is 79.9. The van der Waals surface area contributed by atoms with Crippen molar-refractivity contribution < 1.29 is 4.79 Å². The van der Waals surface area contributed by atoms with E-state index in [9.17, 15) is 4.79 Å². The molecule has 0 fully saturated rings. The van der Waals surface area contributed by atoms with Gasteiger partial charge in [0.1, 0.15) is 10.3 Å². The molecule has 0 unspecified atom stereocenters. The van der Waals surface area contributed by atoms with Crippen molar-refractivity contribution in [2.24, 2.45) is 0 Å². The molecule has 0 saturated carbocycles. The number of rotatable bonds is 2. The molecule has 0 atom stereocenters. The van der Waals surface area contributed by atoms with Gasteiger partial charge in [-0.3, -0.25) is 9.69 Å². The first-order chi connectivity index (χ1) is 10.5. The Hall–Kier alpha value is -2.41. The Labute approximate surface area is 135 Å². The summed E-state index contributed by atoms with van der Waals surface area (Å²) >= 11 is 3.47. The van der Waals surface area contributed by atoms with Crippen molar-refractivity contribution in [2.75, 3.05) is 17.7 Å². The van der Waals surface area contributed by atoms with E-state index in [0.717, 1.165) is 11.3 Å². The van der Waals surface area contributed by atoms with Crippen LogP contribution in [-0.4, -0.2) is 27.6 Å². The van der Waals surface area contributed by atoms with Gasteiger partial charge >= 0.3 is 0 Å². The monoisotopic (exact) mass is 359 g/mol. The number of nitrogens with zero attached hydrogens (tertiary/aromatic N) is 4. The Morgan fingerprint density at radius 3 is 2.64 bits per heavy atom. The van der Waals surface area contributed by atoms with E-state index in [4.69, 9.17) is 5.73 Å². The largest absolute Gasteiger partial charge is 0.384 e. The van der Waals surface area contributed by atoms with Crippen molar-refractivity contribution in [3.8, 4) is 11.3 Å². The number of carbonyl (C=O) groups is 1. The van der Waals surface area contributed by atoms with Gasteiger partial charge in [-0.15, -0.1) is 5.10 Å². The second-order valence-corrected chi connectivity index (χ2v) is 5.68. The molecule has 0 aliphatic carbocycles. The maximum Gasteiger partial charge on any atom is 0.224 e. The molecule has 0 saturated heterocycles. The van der Waals surface area contributed by atoms with Gasteiger partial charge < -0.3 is 5.73 Å². The van der Waals surface area contributed by atoms with Crippen LogP contribution >= 0.6 is 15.9 Å². The van der Waals surface area contributed by atoms with Crippen LogP contribution in [0.5, 0.6) is 0 Å². The number of carbonyl (C=O) groups excluding carboxylic acids is 1. The molecule has 0 spiro atoms. The average Bonchev–Trinajstić information content (AvgIpc) is 2.85. The van der Waals surface area contributed by atoms with Crippen LogP contribution in [0.25, 0.3) is 16.9 Å². The number of nitrogen functional groups attached to an aromatic ring is 1. The predicted molar refractivity (Wildman–Crippen MR) is 89.6 cm³/mol. The van der Waals surface area contributed by atoms with E-state index in [2.05, 4.69) is 26.0 Å². The highest BCUT2D eigenvalue weighted by Gasteiger charge is 2.19. The number of anilines is 2. The first-order valence-electron chi connectivity index (χ1n) is 6.63. The van der Waals surface area contributed by atoms with Gasteiger partial charge in [0.25, 0.3) is 0 Å². The molecule has 2 N–H and O–H groups in total. The fourth-order valence-electron chi connectivity index (χ4n) is 2.12. The number of hydrogen-bond donors (Lipinski definition) is 1. The summed E-state index contributed by atoms with van der Waals surface area (Å²) in [6, 6.07) is 11.5.